The maximum atomic E-state index is 13.7. The van der Waals surface area contributed by atoms with Crippen molar-refractivity contribution in [3.05, 3.63) is 71.3 Å². The van der Waals surface area contributed by atoms with Crippen LogP contribution in [0.15, 0.2) is 48.5 Å². The zero-order chi connectivity index (χ0) is 14.6. The van der Waals surface area contributed by atoms with Gasteiger partial charge in [-0.3, -0.25) is 0 Å². The van der Waals surface area contributed by atoms with E-state index in [2.05, 4.69) is 0 Å². The number of rotatable bonds is 5. The first-order valence-corrected chi connectivity index (χ1v) is 6.26. The molecule has 2 aromatic carbocycles. The van der Waals surface area contributed by atoms with Gasteiger partial charge in [0.15, 0.2) is 0 Å². The summed E-state index contributed by atoms with van der Waals surface area (Å²) < 4.78 is 32.0. The number of ether oxygens (including phenoxy) is 1. The Morgan fingerprint density at radius 1 is 1.10 bits per heavy atom. The molecule has 0 radical (unpaired) electrons. The molecular weight excluding hydrogens is 262 g/mol. The monoisotopic (exact) mass is 278 g/mol. The molecule has 2 nitrogen and oxygen atoms in total. The predicted molar refractivity (Wildman–Crippen MR) is 72.3 cm³/mol. The third kappa shape index (κ3) is 3.21. The lowest BCUT2D eigenvalue weighted by Gasteiger charge is -2.28. The van der Waals surface area contributed by atoms with Crippen LogP contribution in [0.4, 0.5) is 8.78 Å². The van der Waals surface area contributed by atoms with Crippen LogP contribution in [0.5, 0.6) is 0 Å². The molecule has 1 unspecified atom stereocenters. The fraction of sp³-hybridized carbons (Fsp3) is 0.250. The quantitative estimate of drug-likeness (QED) is 0.911. The molecule has 0 spiro atoms. The van der Waals surface area contributed by atoms with Crippen molar-refractivity contribution in [2.24, 2.45) is 0 Å². The van der Waals surface area contributed by atoms with Gasteiger partial charge in [0.05, 0.1) is 6.61 Å². The number of hydrogen-bond acceptors (Lipinski definition) is 2. The summed E-state index contributed by atoms with van der Waals surface area (Å²) in [6.07, 6.45) is -0.0611. The van der Waals surface area contributed by atoms with Crippen LogP contribution in [-0.4, -0.2) is 18.8 Å². The van der Waals surface area contributed by atoms with Crippen LogP contribution in [0.3, 0.4) is 0 Å². The summed E-state index contributed by atoms with van der Waals surface area (Å²) in [6, 6.07) is 12.0. The summed E-state index contributed by atoms with van der Waals surface area (Å²) in [7, 11) is 1.45. The second-order valence-corrected chi connectivity index (χ2v) is 4.74. The van der Waals surface area contributed by atoms with Gasteiger partial charge in [-0.15, -0.1) is 0 Å². The van der Waals surface area contributed by atoms with E-state index < -0.39 is 17.2 Å². The van der Waals surface area contributed by atoms with Gasteiger partial charge in [0.25, 0.3) is 0 Å². The summed E-state index contributed by atoms with van der Waals surface area (Å²) in [6.45, 7) is -0.00698. The highest BCUT2D eigenvalue weighted by Crippen LogP contribution is 2.27. The molecule has 0 aliphatic heterocycles. The molecule has 0 aliphatic rings. The molecule has 2 aromatic rings. The first kappa shape index (κ1) is 14.6. The van der Waals surface area contributed by atoms with Gasteiger partial charge in [-0.1, -0.05) is 30.3 Å². The smallest absolute Gasteiger partial charge is 0.126 e. The molecule has 1 N–H and O–H groups in total. The van der Waals surface area contributed by atoms with Crippen molar-refractivity contribution in [3.63, 3.8) is 0 Å². The Hall–Kier alpha value is -1.78. The highest BCUT2D eigenvalue weighted by Gasteiger charge is 2.30. The van der Waals surface area contributed by atoms with Gasteiger partial charge in [-0.05, 0) is 29.3 Å². The van der Waals surface area contributed by atoms with E-state index in [1.807, 2.05) is 6.07 Å². The topological polar surface area (TPSA) is 29.5 Å². The fourth-order valence-electron chi connectivity index (χ4n) is 2.22. The van der Waals surface area contributed by atoms with Crippen molar-refractivity contribution in [3.8, 4) is 0 Å². The average molecular weight is 278 g/mol. The molecule has 0 fully saturated rings. The largest absolute Gasteiger partial charge is 0.382 e. The van der Waals surface area contributed by atoms with E-state index in [0.717, 1.165) is 18.2 Å². The highest BCUT2D eigenvalue weighted by molar-refractivity contribution is 5.28. The zero-order valence-electron chi connectivity index (χ0n) is 11.1. The number of aliphatic hydroxyl groups is 1. The molecule has 1 atom stereocenters. The summed E-state index contributed by atoms with van der Waals surface area (Å²) in [5, 5.41) is 10.7. The number of hydrogen-bond donors (Lipinski definition) is 1. The van der Waals surface area contributed by atoms with Gasteiger partial charge >= 0.3 is 0 Å². The maximum Gasteiger partial charge on any atom is 0.126 e. The molecule has 0 saturated heterocycles. The molecule has 0 saturated carbocycles. The van der Waals surface area contributed by atoms with Gasteiger partial charge in [0.1, 0.15) is 17.2 Å². The first-order valence-electron chi connectivity index (χ1n) is 6.26. The van der Waals surface area contributed by atoms with Gasteiger partial charge < -0.3 is 9.84 Å². The Morgan fingerprint density at radius 2 is 1.80 bits per heavy atom. The van der Waals surface area contributed by atoms with Crippen LogP contribution >= 0.6 is 0 Å². The maximum absolute atomic E-state index is 13.7. The molecule has 0 heterocycles. The second kappa shape index (κ2) is 6.11. The molecule has 0 aromatic heterocycles. The lowest BCUT2D eigenvalue weighted by molar-refractivity contribution is -0.0360. The van der Waals surface area contributed by atoms with E-state index >= 15 is 0 Å². The minimum atomic E-state index is -1.40. The molecule has 0 bridgehead atoms. The van der Waals surface area contributed by atoms with E-state index in [1.54, 1.807) is 24.3 Å². The SMILES string of the molecule is COCC(O)(Cc1cc(F)ccc1F)c1ccccc1. The van der Waals surface area contributed by atoms with E-state index in [4.69, 9.17) is 4.74 Å². The molecule has 0 amide bonds. The minimum absolute atomic E-state index is 0.00698. The van der Waals surface area contributed by atoms with Crippen molar-refractivity contribution in [2.75, 3.05) is 13.7 Å². The van der Waals surface area contributed by atoms with Gasteiger partial charge in [-0.2, -0.15) is 0 Å². The van der Waals surface area contributed by atoms with Crippen LogP contribution in [0.1, 0.15) is 11.1 Å². The average Bonchev–Trinajstić information content (AvgIpc) is 2.44. The van der Waals surface area contributed by atoms with Crippen molar-refractivity contribution in [1.82, 2.24) is 0 Å². The Morgan fingerprint density at radius 3 is 2.45 bits per heavy atom. The van der Waals surface area contributed by atoms with Gasteiger partial charge in [0, 0.05) is 13.5 Å². The minimum Gasteiger partial charge on any atom is -0.382 e. The molecule has 4 heteroatoms. The van der Waals surface area contributed by atoms with Crippen LogP contribution in [0.25, 0.3) is 0 Å². The number of methoxy groups -OCH3 is 1. The Kier molecular flexibility index (Phi) is 4.47. The second-order valence-electron chi connectivity index (χ2n) is 4.74. The molecule has 20 heavy (non-hydrogen) atoms. The number of halogens is 2. The molecular formula is C16H16F2O2. The Balaban J connectivity index is 2.36. The Bertz CT molecular complexity index is 572. The third-order valence-corrected chi connectivity index (χ3v) is 3.18. The Labute approximate surface area is 116 Å². The first-order chi connectivity index (χ1) is 9.55. The van der Waals surface area contributed by atoms with Crippen LogP contribution in [0, 0.1) is 11.6 Å². The lowest BCUT2D eigenvalue weighted by atomic mass is 9.87. The molecule has 106 valence electrons. The van der Waals surface area contributed by atoms with Crippen LogP contribution in [0.2, 0.25) is 0 Å². The summed E-state index contributed by atoms with van der Waals surface area (Å²) in [5.41, 5.74) is -0.677. The standard InChI is InChI=1S/C16H16F2O2/c1-20-11-16(19,13-5-3-2-4-6-13)10-12-9-14(17)7-8-15(12)18/h2-9,19H,10-11H2,1H3. The number of benzene rings is 2. The van der Waals surface area contributed by atoms with Crippen molar-refractivity contribution < 1.29 is 18.6 Å². The van der Waals surface area contributed by atoms with E-state index in [1.165, 1.54) is 7.11 Å². The predicted octanol–water partition coefficient (Wildman–Crippen LogP) is 3.04. The third-order valence-electron chi connectivity index (χ3n) is 3.18. The van der Waals surface area contributed by atoms with Gasteiger partial charge in [-0.25, -0.2) is 8.78 Å². The van der Waals surface area contributed by atoms with Crippen molar-refractivity contribution in [2.45, 2.75) is 12.0 Å². The fourth-order valence-corrected chi connectivity index (χ4v) is 2.22. The summed E-state index contributed by atoms with van der Waals surface area (Å²) >= 11 is 0. The molecule has 2 rings (SSSR count). The van der Waals surface area contributed by atoms with E-state index in [0.29, 0.717) is 5.56 Å². The summed E-state index contributed by atoms with van der Waals surface area (Å²) in [5.74, 6) is -1.08. The van der Waals surface area contributed by atoms with Crippen molar-refractivity contribution in [1.29, 1.82) is 0 Å². The van der Waals surface area contributed by atoms with E-state index in [-0.39, 0.29) is 18.6 Å². The van der Waals surface area contributed by atoms with E-state index in [9.17, 15) is 13.9 Å². The zero-order valence-corrected chi connectivity index (χ0v) is 11.1. The van der Waals surface area contributed by atoms with Crippen molar-refractivity contribution >= 4 is 0 Å². The highest BCUT2D eigenvalue weighted by atomic mass is 19.1. The lowest BCUT2D eigenvalue weighted by Crippen LogP contribution is -2.34. The summed E-state index contributed by atoms with van der Waals surface area (Å²) in [4.78, 5) is 0. The normalized spacial score (nSPS) is 14.0. The van der Waals surface area contributed by atoms with Gasteiger partial charge in [0.2, 0.25) is 0 Å². The molecule has 0 aliphatic carbocycles. The van der Waals surface area contributed by atoms with Crippen LogP contribution in [-0.2, 0) is 16.8 Å². The van der Waals surface area contributed by atoms with Crippen LogP contribution < -0.4 is 0 Å².